The third kappa shape index (κ3) is 4.56. The molecule has 0 fully saturated rings. The van der Waals surface area contributed by atoms with E-state index in [0.717, 1.165) is 0 Å². The monoisotopic (exact) mass is 416 g/mol. The van der Waals surface area contributed by atoms with Crippen molar-refractivity contribution < 1.29 is 23.9 Å². The summed E-state index contributed by atoms with van der Waals surface area (Å²) in [6.07, 6.45) is 0. The smallest absolute Gasteiger partial charge is 0.255 e. The molecule has 3 aromatic carbocycles. The summed E-state index contributed by atoms with van der Waals surface area (Å²) in [7, 11) is 0. The van der Waals surface area contributed by atoms with Gasteiger partial charge in [0.2, 0.25) is 5.91 Å². The van der Waals surface area contributed by atoms with Crippen LogP contribution in [0.4, 0.5) is 11.4 Å². The van der Waals surface area contributed by atoms with Crippen molar-refractivity contribution in [1.29, 1.82) is 0 Å². The topological polar surface area (TPSA) is 93.7 Å². The van der Waals surface area contributed by atoms with E-state index < -0.39 is 5.91 Å². The molecule has 3 aromatic rings. The number of hydrogen-bond acceptors (Lipinski definition) is 5. The van der Waals surface area contributed by atoms with Crippen LogP contribution < -0.4 is 20.1 Å². The lowest BCUT2D eigenvalue weighted by atomic mass is 10.0. The predicted molar refractivity (Wildman–Crippen MR) is 116 cm³/mol. The van der Waals surface area contributed by atoms with Gasteiger partial charge in [-0.1, -0.05) is 36.4 Å². The van der Waals surface area contributed by atoms with Gasteiger partial charge in [-0.2, -0.15) is 0 Å². The summed E-state index contributed by atoms with van der Waals surface area (Å²) in [5, 5.41) is 5.45. The maximum atomic E-state index is 13.2. The van der Waals surface area contributed by atoms with Crippen molar-refractivity contribution in [2.24, 2.45) is 0 Å². The summed E-state index contributed by atoms with van der Waals surface area (Å²) in [6, 6.07) is 18.5. The highest BCUT2D eigenvalue weighted by Gasteiger charge is 2.22. The van der Waals surface area contributed by atoms with Crippen LogP contribution in [0.5, 0.6) is 11.5 Å². The van der Waals surface area contributed by atoms with Gasteiger partial charge >= 0.3 is 0 Å². The van der Waals surface area contributed by atoms with Crippen molar-refractivity contribution >= 4 is 29.0 Å². The Morgan fingerprint density at radius 2 is 1.45 bits per heavy atom. The molecule has 0 radical (unpaired) electrons. The molecule has 0 atom stereocenters. The normalized spacial score (nSPS) is 12.0. The van der Waals surface area contributed by atoms with Gasteiger partial charge in [0.15, 0.2) is 17.3 Å². The Hall–Kier alpha value is -4.13. The Balaban J connectivity index is 1.69. The van der Waals surface area contributed by atoms with Crippen molar-refractivity contribution in [3.8, 4) is 11.5 Å². The Labute approximate surface area is 179 Å². The van der Waals surface area contributed by atoms with Crippen LogP contribution in [0.3, 0.4) is 0 Å². The molecule has 7 nitrogen and oxygen atoms in total. The first kappa shape index (κ1) is 20.2. The molecule has 0 saturated heterocycles. The van der Waals surface area contributed by atoms with Crippen LogP contribution in [-0.4, -0.2) is 30.8 Å². The van der Waals surface area contributed by atoms with Crippen LogP contribution in [-0.2, 0) is 4.79 Å². The molecule has 7 heteroatoms. The van der Waals surface area contributed by atoms with Gasteiger partial charge in [0.05, 0.1) is 11.3 Å². The number of amides is 2. The van der Waals surface area contributed by atoms with E-state index in [0.29, 0.717) is 52.8 Å². The molecular weight excluding hydrogens is 396 g/mol. The number of ether oxygens (including phenoxy) is 2. The second-order valence-corrected chi connectivity index (χ2v) is 6.95. The number of hydrogen-bond donors (Lipinski definition) is 2. The Morgan fingerprint density at radius 1 is 0.774 bits per heavy atom. The van der Waals surface area contributed by atoms with Crippen molar-refractivity contribution in [3.05, 3.63) is 83.4 Å². The van der Waals surface area contributed by atoms with E-state index in [4.69, 9.17) is 9.47 Å². The molecular formula is C24H20N2O5. The molecule has 31 heavy (non-hydrogen) atoms. The van der Waals surface area contributed by atoms with Gasteiger partial charge in [-0.05, 0) is 24.3 Å². The van der Waals surface area contributed by atoms with Gasteiger partial charge < -0.3 is 20.1 Å². The third-order valence-electron chi connectivity index (χ3n) is 4.66. The van der Waals surface area contributed by atoms with Crippen molar-refractivity contribution in [2.45, 2.75) is 6.92 Å². The summed E-state index contributed by atoms with van der Waals surface area (Å²) in [6.45, 7) is 2.15. The van der Waals surface area contributed by atoms with E-state index in [9.17, 15) is 14.4 Å². The SMILES string of the molecule is CC(=O)Nc1cccc(C(=O)Nc2cc3c(cc2C(=O)c2ccccc2)OCCO3)c1. The van der Waals surface area contributed by atoms with Gasteiger partial charge in [0.25, 0.3) is 5.91 Å². The van der Waals surface area contributed by atoms with Gasteiger partial charge in [0, 0.05) is 29.8 Å². The highest BCUT2D eigenvalue weighted by Crippen LogP contribution is 2.36. The summed E-state index contributed by atoms with van der Waals surface area (Å²) in [5.74, 6) is 0.000319. The summed E-state index contributed by atoms with van der Waals surface area (Å²) < 4.78 is 11.2. The van der Waals surface area contributed by atoms with Crippen LogP contribution in [0.1, 0.15) is 33.2 Å². The largest absolute Gasteiger partial charge is 0.486 e. The maximum absolute atomic E-state index is 13.2. The molecule has 0 aliphatic carbocycles. The van der Waals surface area contributed by atoms with Gasteiger partial charge in [-0.3, -0.25) is 14.4 Å². The van der Waals surface area contributed by atoms with E-state index >= 15 is 0 Å². The average Bonchev–Trinajstić information content (AvgIpc) is 2.78. The van der Waals surface area contributed by atoms with Crippen LogP contribution in [0.2, 0.25) is 0 Å². The number of anilines is 2. The molecule has 0 unspecified atom stereocenters. The van der Waals surface area contributed by atoms with Crippen LogP contribution in [0, 0.1) is 0 Å². The fourth-order valence-corrected chi connectivity index (χ4v) is 3.26. The highest BCUT2D eigenvalue weighted by molar-refractivity contribution is 6.16. The van der Waals surface area contributed by atoms with E-state index in [1.807, 2.05) is 6.07 Å². The van der Waals surface area contributed by atoms with E-state index in [2.05, 4.69) is 10.6 Å². The number of benzene rings is 3. The Bertz CT molecular complexity index is 1160. The lowest BCUT2D eigenvalue weighted by Crippen LogP contribution is -2.19. The molecule has 1 heterocycles. The van der Waals surface area contributed by atoms with E-state index in [1.54, 1.807) is 60.7 Å². The van der Waals surface area contributed by atoms with Crippen molar-refractivity contribution in [1.82, 2.24) is 0 Å². The molecule has 0 saturated carbocycles. The van der Waals surface area contributed by atoms with Gasteiger partial charge in [-0.15, -0.1) is 0 Å². The minimum atomic E-state index is -0.425. The van der Waals surface area contributed by atoms with Gasteiger partial charge in [0.1, 0.15) is 13.2 Å². The second kappa shape index (κ2) is 8.71. The second-order valence-electron chi connectivity index (χ2n) is 6.95. The Kier molecular flexibility index (Phi) is 5.66. The van der Waals surface area contributed by atoms with E-state index in [-0.39, 0.29) is 11.7 Å². The predicted octanol–water partition coefficient (Wildman–Crippen LogP) is 3.90. The van der Waals surface area contributed by atoms with E-state index in [1.165, 1.54) is 6.92 Å². The lowest BCUT2D eigenvalue weighted by molar-refractivity contribution is -0.114. The van der Waals surface area contributed by atoms with Crippen molar-refractivity contribution in [3.63, 3.8) is 0 Å². The van der Waals surface area contributed by atoms with Crippen molar-refractivity contribution in [2.75, 3.05) is 23.8 Å². The van der Waals surface area contributed by atoms with Crippen LogP contribution in [0.25, 0.3) is 0 Å². The summed E-state index contributed by atoms with van der Waals surface area (Å²) in [5.41, 5.74) is 1.93. The first-order valence-corrected chi connectivity index (χ1v) is 9.73. The first-order valence-electron chi connectivity index (χ1n) is 9.73. The molecule has 1 aliphatic rings. The zero-order valence-electron chi connectivity index (χ0n) is 16.8. The molecule has 0 spiro atoms. The molecule has 2 N–H and O–H groups in total. The molecule has 2 amide bonds. The number of nitrogens with one attached hydrogen (secondary N) is 2. The Morgan fingerprint density at radius 3 is 2.16 bits per heavy atom. The highest BCUT2D eigenvalue weighted by atomic mass is 16.6. The third-order valence-corrected chi connectivity index (χ3v) is 4.66. The minimum absolute atomic E-state index is 0.236. The zero-order valence-corrected chi connectivity index (χ0v) is 16.8. The molecule has 156 valence electrons. The molecule has 0 aromatic heterocycles. The first-order chi connectivity index (χ1) is 15.0. The average molecular weight is 416 g/mol. The minimum Gasteiger partial charge on any atom is -0.486 e. The van der Waals surface area contributed by atoms with Crippen LogP contribution >= 0.6 is 0 Å². The molecule has 1 aliphatic heterocycles. The standard InChI is InChI=1S/C24H20N2O5/c1-15(27)25-18-9-5-8-17(12-18)24(29)26-20-14-22-21(30-10-11-31-22)13-19(20)23(28)16-6-3-2-4-7-16/h2-9,12-14H,10-11H2,1H3,(H,25,27)(H,26,29). The molecule has 4 rings (SSSR count). The fourth-order valence-electron chi connectivity index (χ4n) is 3.26. The van der Waals surface area contributed by atoms with Crippen LogP contribution in [0.15, 0.2) is 66.7 Å². The number of carbonyl (C=O) groups is 3. The number of rotatable bonds is 5. The zero-order chi connectivity index (χ0) is 21.8. The maximum Gasteiger partial charge on any atom is 0.255 e. The summed E-state index contributed by atoms with van der Waals surface area (Å²) >= 11 is 0. The number of fused-ring (bicyclic) bond motifs is 1. The fraction of sp³-hybridized carbons (Fsp3) is 0.125. The quantitative estimate of drug-likeness (QED) is 0.616. The number of ketones is 1. The number of carbonyl (C=O) groups excluding carboxylic acids is 3. The lowest BCUT2D eigenvalue weighted by Gasteiger charge is -2.21. The summed E-state index contributed by atoms with van der Waals surface area (Å²) in [4.78, 5) is 37.4. The van der Waals surface area contributed by atoms with Gasteiger partial charge in [-0.25, -0.2) is 0 Å². The molecule has 0 bridgehead atoms.